The Morgan fingerprint density at radius 2 is 1.87 bits per heavy atom. The van der Waals surface area contributed by atoms with Crippen LogP contribution in [0.5, 0.6) is 0 Å². The molecular weight excluding hydrogens is 209 g/mol. The van der Waals surface area contributed by atoms with Crippen LogP contribution in [0.1, 0.15) is 20.8 Å². The van der Waals surface area contributed by atoms with Crippen LogP contribution < -0.4 is 5.73 Å². The summed E-state index contributed by atoms with van der Waals surface area (Å²) in [6.07, 6.45) is -4.37. The van der Waals surface area contributed by atoms with Crippen LogP contribution >= 0.6 is 0 Å². The lowest BCUT2D eigenvalue weighted by molar-refractivity contribution is -0.162. The number of alkyl halides is 3. The van der Waals surface area contributed by atoms with Crippen molar-refractivity contribution in [2.24, 2.45) is 11.7 Å². The van der Waals surface area contributed by atoms with Gasteiger partial charge in [0.25, 0.3) is 0 Å². The predicted molar refractivity (Wildman–Crippen MR) is 51.1 cm³/mol. The molecule has 0 aliphatic rings. The van der Waals surface area contributed by atoms with Gasteiger partial charge in [-0.05, 0) is 12.8 Å². The van der Waals surface area contributed by atoms with Gasteiger partial charge in [-0.25, -0.2) is 0 Å². The topological polar surface area (TPSA) is 46.3 Å². The number of nitrogens with zero attached hydrogens (tertiary/aromatic N) is 1. The van der Waals surface area contributed by atoms with Gasteiger partial charge in [-0.15, -0.1) is 0 Å². The molecule has 0 spiro atoms. The Kier molecular flexibility index (Phi) is 5.07. The molecule has 15 heavy (non-hydrogen) atoms. The number of carbonyl (C=O) groups excluding carboxylic acids is 1. The lowest BCUT2D eigenvalue weighted by atomic mass is 10.0. The van der Waals surface area contributed by atoms with E-state index in [-0.39, 0.29) is 12.5 Å². The molecule has 0 fully saturated rings. The monoisotopic (exact) mass is 226 g/mol. The average Bonchev–Trinajstić information content (AvgIpc) is 2.10. The zero-order valence-corrected chi connectivity index (χ0v) is 9.14. The van der Waals surface area contributed by atoms with Crippen molar-refractivity contribution in [3.05, 3.63) is 0 Å². The van der Waals surface area contributed by atoms with E-state index in [0.29, 0.717) is 0 Å². The molecule has 0 aromatic rings. The van der Waals surface area contributed by atoms with Crippen molar-refractivity contribution in [1.82, 2.24) is 4.90 Å². The molecule has 0 saturated carbocycles. The van der Waals surface area contributed by atoms with E-state index in [4.69, 9.17) is 5.73 Å². The van der Waals surface area contributed by atoms with E-state index in [0.717, 1.165) is 4.90 Å². The van der Waals surface area contributed by atoms with E-state index in [1.54, 1.807) is 13.8 Å². The minimum Gasteiger partial charge on any atom is -0.333 e. The number of likely N-dealkylation sites (N-methyl/N-ethyl adjacent to an activating group) is 1. The first-order valence-corrected chi connectivity index (χ1v) is 4.80. The van der Waals surface area contributed by atoms with Crippen LogP contribution in [0.3, 0.4) is 0 Å². The van der Waals surface area contributed by atoms with Gasteiger partial charge in [-0.3, -0.25) is 4.79 Å². The highest BCUT2D eigenvalue weighted by Gasteiger charge is 2.34. The van der Waals surface area contributed by atoms with Crippen LogP contribution in [0.25, 0.3) is 0 Å². The predicted octanol–water partition coefficient (Wildman–Crippen LogP) is 1.38. The number of carbonyl (C=O) groups is 1. The summed E-state index contributed by atoms with van der Waals surface area (Å²) < 4.78 is 36.2. The molecular formula is C9H17F3N2O. The summed E-state index contributed by atoms with van der Waals surface area (Å²) in [5.74, 6) is -0.815. The fourth-order valence-corrected chi connectivity index (χ4v) is 1.06. The Morgan fingerprint density at radius 3 is 2.13 bits per heavy atom. The van der Waals surface area contributed by atoms with Gasteiger partial charge in [-0.1, -0.05) is 13.8 Å². The summed E-state index contributed by atoms with van der Waals surface area (Å²) in [6.45, 7) is 3.67. The first kappa shape index (κ1) is 14.2. The second-order valence-corrected chi connectivity index (χ2v) is 3.74. The molecule has 90 valence electrons. The van der Waals surface area contributed by atoms with Gasteiger partial charge in [0.1, 0.15) is 6.54 Å². The Labute approximate surface area is 87.4 Å². The Balaban J connectivity index is 4.48. The summed E-state index contributed by atoms with van der Waals surface area (Å²) in [4.78, 5) is 12.2. The molecule has 1 atom stereocenters. The van der Waals surface area contributed by atoms with Gasteiger partial charge in [0, 0.05) is 6.54 Å². The van der Waals surface area contributed by atoms with Gasteiger partial charge in [0.05, 0.1) is 6.04 Å². The first-order valence-electron chi connectivity index (χ1n) is 4.80. The maximum atomic E-state index is 12.1. The molecule has 0 aromatic carbocycles. The number of nitrogens with two attached hydrogens (primary N) is 1. The summed E-state index contributed by atoms with van der Waals surface area (Å²) >= 11 is 0. The SMILES string of the molecule is CCN(CC(F)(F)F)C(=O)[C@@H](N)C(C)C. The van der Waals surface area contributed by atoms with Gasteiger partial charge >= 0.3 is 6.18 Å². The molecule has 1 amide bonds. The van der Waals surface area contributed by atoms with Gasteiger partial charge in [-0.2, -0.15) is 13.2 Å². The highest BCUT2D eigenvalue weighted by Crippen LogP contribution is 2.17. The van der Waals surface area contributed by atoms with Crippen molar-refractivity contribution >= 4 is 5.91 Å². The van der Waals surface area contributed by atoms with Gasteiger partial charge in [0.2, 0.25) is 5.91 Å². The molecule has 2 N–H and O–H groups in total. The molecule has 0 rings (SSSR count). The third kappa shape index (κ3) is 5.01. The fourth-order valence-electron chi connectivity index (χ4n) is 1.06. The normalized spacial score (nSPS) is 14.1. The summed E-state index contributed by atoms with van der Waals surface area (Å²) in [6, 6.07) is -0.868. The second kappa shape index (κ2) is 5.34. The molecule has 3 nitrogen and oxygen atoms in total. The molecule has 0 heterocycles. The maximum absolute atomic E-state index is 12.1. The third-order valence-electron chi connectivity index (χ3n) is 2.07. The number of halogens is 3. The van der Waals surface area contributed by atoms with Crippen LogP contribution in [0.15, 0.2) is 0 Å². The van der Waals surface area contributed by atoms with E-state index >= 15 is 0 Å². The van der Waals surface area contributed by atoms with E-state index in [9.17, 15) is 18.0 Å². The standard InChI is InChI=1S/C9H17F3N2O/c1-4-14(5-9(10,11)12)8(15)7(13)6(2)3/h6-7H,4-5,13H2,1-3H3/t7-/m0/s1. The van der Waals surface area contributed by atoms with Crippen LogP contribution in [0.2, 0.25) is 0 Å². The lowest BCUT2D eigenvalue weighted by Crippen LogP contribution is -2.49. The largest absolute Gasteiger partial charge is 0.406 e. The van der Waals surface area contributed by atoms with E-state index in [1.807, 2.05) is 0 Å². The van der Waals surface area contributed by atoms with Crippen molar-refractivity contribution < 1.29 is 18.0 Å². The molecule has 0 unspecified atom stereocenters. The quantitative estimate of drug-likeness (QED) is 0.787. The summed E-state index contributed by atoms with van der Waals surface area (Å²) in [5, 5.41) is 0. The minimum absolute atomic E-state index is 0.0127. The highest BCUT2D eigenvalue weighted by atomic mass is 19.4. The van der Waals surface area contributed by atoms with Crippen molar-refractivity contribution in [1.29, 1.82) is 0 Å². The molecule has 0 radical (unpaired) electrons. The smallest absolute Gasteiger partial charge is 0.333 e. The van der Waals surface area contributed by atoms with Crippen molar-refractivity contribution in [3.63, 3.8) is 0 Å². The molecule has 0 bridgehead atoms. The van der Waals surface area contributed by atoms with E-state index in [1.165, 1.54) is 6.92 Å². The number of hydrogen-bond acceptors (Lipinski definition) is 2. The number of amides is 1. The lowest BCUT2D eigenvalue weighted by Gasteiger charge is -2.26. The first-order chi connectivity index (χ1) is 6.69. The molecule has 0 aliphatic carbocycles. The Bertz CT molecular complexity index is 216. The van der Waals surface area contributed by atoms with Gasteiger partial charge in [0.15, 0.2) is 0 Å². The second-order valence-electron chi connectivity index (χ2n) is 3.74. The van der Waals surface area contributed by atoms with E-state index < -0.39 is 24.7 Å². The molecule has 0 aliphatic heterocycles. The highest BCUT2D eigenvalue weighted by molar-refractivity contribution is 5.81. The molecule has 6 heteroatoms. The third-order valence-corrected chi connectivity index (χ3v) is 2.07. The van der Waals surface area contributed by atoms with Crippen LogP contribution in [-0.4, -0.2) is 36.1 Å². The minimum atomic E-state index is -4.37. The Hall–Kier alpha value is -0.780. The average molecular weight is 226 g/mol. The zero-order valence-electron chi connectivity index (χ0n) is 9.14. The fraction of sp³-hybridized carbons (Fsp3) is 0.889. The van der Waals surface area contributed by atoms with E-state index in [2.05, 4.69) is 0 Å². The van der Waals surface area contributed by atoms with Crippen LogP contribution in [-0.2, 0) is 4.79 Å². The van der Waals surface area contributed by atoms with Gasteiger partial charge < -0.3 is 10.6 Å². The number of rotatable bonds is 4. The van der Waals surface area contributed by atoms with Crippen molar-refractivity contribution in [3.8, 4) is 0 Å². The summed E-state index contributed by atoms with van der Waals surface area (Å²) in [7, 11) is 0. The summed E-state index contributed by atoms with van der Waals surface area (Å²) in [5.41, 5.74) is 5.50. The Morgan fingerprint density at radius 1 is 1.40 bits per heavy atom. The molecule has 0 saturated heterocycles. The maximum Gasteiger partial charge on any atom is 0.406 e. The van der Waals surface area contributed by atoms with Crippen molar-refractivity contribution in [2.45, 2.75) is 33.0 Å². The molecule has 0 aromatic heterocycles. The zero-order chi connectivity index (χ0) is 12.2. The van der Waals surface area contributed by atoms with Crippen LogP contribution in [0, 0.1) is 5.92 Å². The van der Waals surface area contributed by atoms with Crippen molar-refractivity contribution in [2.75, 3.05) is 13.1 Å². The van der Waals surface area contributed by atoms with Crippen LogP contribution in [0.4, 0.5) is 13.2 Å². The number of hydrogen-bond donors (Lipinski definition) is 1.